The first kappa shape index (κ1) is 21.9. The number of ether oxygens (including phenoxy) is 1. The number of fused-ring (bicyclic) bond motifs is 1. The summed E-state index contributed by atoms with van der Waals surface area (Å²) in [6.07, 6.45) is 0. The van der Waals surface area contributed by atoms with Gasteiger partial charge in [0.2, 0.25) is 11.7 Å². The summed E-state index contributed by atoms with van der Waals surface area (Å²) in [5.41, 5.74) is 0.554. The molecule has 1 N–H and O–H groups in total. The highest BCUT2D eigenvalue weighted by molar-refractivity contribution is 8.14. The molecule has 9 nitrogen and oxygen atoms in total. The molecule has 0 radical (unpaired) electrons. The fourth-order valence-electron chi connectivity index (χ4n) is 3.28. The van der Waals surface area contributed by atoms with Gasteiger partial charge in [0, 0.05) is 0 Å². The first-order valence-electron chi connectivity index (χ1n) is 9.59. The topological polar surface area (TPSA) is 103 Å². The lowest BCUT2D eigenvalue weighted by Crippen LogP contribution is -2.54. The maximum absolute atomic E-state index is 12.9. The number of nitrogens with zero attached hydrogens (tertiary/aromatic N) is 4. The lowest BCUT2D eigenvalue weighted by molar-refractivity contribution is -0.407. The molecule has 164 valence electrons. The number of benzene rings is 1. The van der Waals surface area contributed by atoms with E-state index in [9.17, 15) is 14.4 Å². The highest BCUT2D eigenvalue weighted by Gasteiger charge is 2.49. The molecule has 3 heterocycles. The summed E-state index contributed by atoms with van der Waals surface area (Å²) >= 11 is 2.60. The van der Waals surface area contributed by atoms with Crippen LogP contribution < -0.4 is 10.1 Å². The number of amides is 4. The minimum absolute atomic E-state index is 0.0209. The summed E-state index contributed by atoms with van der Waals surface area (Å²) in [6, 6.07) is 10.4. The number of carbonyl (C=O) groups excluding carboxylic acids is 3. The van der Waals surface area contributed by atoms with E-state index in [1.54, 1.807) is 25.2 Å². The Kier molecular flexibility index (Phi) is 6.19. The summed E-state index contributed by atoms with van der Waals surface area (Å²) in [4.78, 5) is 48.9. The lowest BCUT2D eigenvalue weighted by Gasteiger charge is -2.26. The number of imide groups is 1. The summed E-state index contributed by atoms with van der Waals surface area (Å²) in [5.74, 6) is -0.241. The Morgan fingerprint density at radius 1 is 1.25 bits per heavy atom. The molecule has 0 fully saturated rings. The van der Waals surface area contributed by atoms with Gasteiger partial charge in [0.05, 0.1) is 37.5 Å². The second kappa shape index (κ2) is 9.05. The number of anilines is 1. The fourth-order valence-corrected chi connectivity index (χ4v) is 4.81. The van der Waals surface area contributed by atoms with E-state index in [0.717, 1.165) is 21.5 Å². The monoisotopic (exact) mass is 470 g/mol. The van der Waals surface area contributed by atoms with E-state index in [0.29, 0.717) is 28.2 Å². The van der Waals surface area contributed by atoms with Crippen LogP contribution >= 0.6 is 23.1 Å². The smallest absolute Gasteiger partial charge is 0.445 e. The van der Waals surface area contributed by atoms with Gasteiger partial charge in [0.15, 0.2) is 5.92 Å². The van der Waals surface area contributed by atoms with Crippen molar-refractivity contribution in [3.05, 3.63) is 46.7 Å². The van der Waals surface area contributed by atoms with Crippen molar-refractivity contribution in [2.45, 2.75) is 0 Å². The van der Waals surface area contributed by atoms with Crippen LogP contribution in [0.15, 0.2) is 51.8 Å². The van der Waals surface area contributed by atoms with Crippen LogP contribution in [-0.4, -0.2) is 71.0 Å². The third kappa shape index (κ3) is 4.08. The van der Waals surface area contributed by atoms with Crippen LogP contribution in [0.3, 0.4) is 0 Å². The van der Waals surface area contributed by atoms with Crippen molar-refractivity contribution in [1.29, 1.82) is 0 Å². The van der Waals surface area contributed by atoms with Crippen LogP contribution in [0.1, 0.15) is 4.88 Å². The Balaban J connectivity index is 1.61. The number of carbonyl (C=O) groups is 3. The average Bonchev–Trinajstić information content (AvgIpc) is 3.35. The van der Waals surface area contributed by atoms with Crippen molar-refractivity contribution in [2.24, 2.45) is 15.9 Å². The van der Waals surface area contributed by atoms with Crippen LogP contribution in [0.25, 0.3) is 0 Å². The quantitative estimate of drug-likeness (QED) is 0.677. The maximum atomic E-state index is 12.9. The van der Waals surface area contributed by atoms with Gasteiger partial charge < -0.3 is 10.1 Å². The molecule has 1 aromatic heterocycles. The molecule has 1 unspecified atom stereocenters. The number of rotatable bonds is 5. The van der Waals surface area contributed by atoms with Gasteiger partial charge in [-0.2, -0.15) is 9.48 Å². The Bertz CT molecular complexity index is 1190. The number of thioether (sulfide) groups is 1. The number of para-hydroxylation sites is 2. The fraction of sp³-hybridized carbons (Fsp3) is 0.238. The first-order chi connectivity index (χ1) is 15.4. The molecule has 1 atom stereocenters. The predicted molar refractivity (Wildman–Crippen MR) is 125 cm³/mol. The van der Waals surface area contributed by atoms with Crippen molar-refractivity contribution in [1.82, 2.24) is 4.90 Å². The summed E-state index contributed by atoms with van der Waals surface area (Å²) in [6.45, 7) is 0. The number of methoxy groups -OCH3 is 1. The first-order valence-corrected chi connectivity index (χ1v) is 11.5. The zero-order valence-electron chi connectivity index (χ0n) is 17.6. The Hall–Kier alpha value is -3.31. The summed E-state index contributed by atoms with van der Waals surface area (Å²) in [5, 5.41) is 5.13. The summed E-state index contributed by atoms with van der Waals surface area (Å²) < 4.78 is 6.61. The van der Waals surface area contributed by atoms with Crippen molar-refractivity contribution >= 4 is 63.3 Å². The van der Waals surface area contributed by atoms with Gasteiger partial charge in [-0.3, -0.25) is 9.59 Å². The van der Waals surface area contributed by atoms with Crippen LogP contribution in [0.2, 0.25) is 0 Å². The minimum Gasteiger partial charge on any atom is -0.495 e. The zero-order valence-corrected chi connectivity index (χ0v) is 19.2. The Labute approximate surface area is 192 Å². The van der Waals surface area contributed by atoms with Gasteiger partial charge in [-0.05, 0) is 23.6 Å². The summed E-state index contributed by atoms with van der Waals surface area (Å²) in [7, 11) is 4.53. The molecule has 0 bridgehead atoms. The minimum atomic E-state index is -0.838. The highest BCUT2D eigenvalue weighted by Crippen LogP contribution is 2.28. The van der Waals surface area contributed by atoms with Crippen LogP contribution in [0, 0.1) is 5.92 Å². The van der Waals surface area contributed by atoms with Gasteiger partial charge in [-0.25, -0.2) is 9.79 Å². The standard InChI is InChI=1S/C21H19N5O4S2/c1-25-18-16(20(28)26(2)21(25)29)19(24-17(23-18)14-9-6-10-31-14)32-11-15(27)22-12-7-4-5-8-13(12)30-3/h4-10,16H,11H2,1-3H3/p+1. The molecule has 0 saturated carbocycles. The van der Waals surface area contributed by atoms with Gasteiger partial charge >= 0.3 is 11.9 Å². The molecular weight excluding hydrogens is 450 g/mol. The molecule has 0 aliphatic carbocycles. The number of amidine groups is 2. The zero-order chi connectivity index (χ0) is 22.8. The maximum Gasteiger partial charge on any atom is 0.445 e. The van der Waals surface area contributed by atoms with Crippen LogP contribution in [0.5, 0.6) is 5.75 Å². The van der Waals surface area contributed by atoms with Gasteiger partial charge in [-0.15, -0.1) is 11.3 Å². The molecule has 1 aromatic carbocycles. The number of aliphatic imine (C=N–C) groups is 2. The van der Waals surface area contributed by atoms with E-state index in [1.807, 2.05) is 23.6 Å². The molecule has 11 heteroatoms. The van der Waals surface area contributed by atoms with Gasteiger partial charge in [-0.1, -0.05) is 35.0 Å². The van der Waals surface area contributed by atoms with Crippen LogP contribution in [-0.2, 0) is 9.59 Å². The van der Waals surface area contributed by atoms with E-state index >= 15 is 0 Å². The molecule has 2 aromatic rings. The van der Waals surface area contributed by atoms with E-state index < -0.39 is 17.9 Å². The number of hydrogen-bond donors (Lipinski definition) is 1. The van der Waals surface area contributed by atoms with E-state index in [-0.39, 0.29) is 11.7 Å². The van der Waals surface area contributed by atoms with Crippen molar-refractivity contribution < 1.29 is 23.7 Å². The third-order valence-electron chi connectivity index (χ3n) is 4.91. The van der Waals surface area contributed by atoms with Crippen molar-refractivity contribution in [3.8, 4) is 5.75 Å². The molecule has 0 saturated heterocycles. The second-order valence-electron chi connectivity index (χ2n) is 6.93. The molecule has 32 heavy (non-hydrogen) atoms. The highest BCUT2D eigenvalue weighted by atomic mass is 32.2. The van der Waals surface area contributed by atoms with Gasteiger partial charge in [0.1, 0.15) is 10.8 Å². The van der Waals surface area contributed by atoms with E-state index in [1.165, 1.54) is 30.1 Å². The number of thiophene rings is 1. The number of urea groups is 1. The van der Waals surface area contributed by atoms with Crippen LogP contribution in [0.4, 0.5) is 10.5 Å². The van der Waals surface area contributed by atoms with E-state index in [4.69, 9.17) is 4.74 Å². The SMILES string of the molecule is COc1ccccc1NC(=O)CSC1=NC(c2cccs2)=NC2=[N+](C)C(=O)N(C)C(=O)C12. The molecule has 4 amide bonds. The largest absolute Gasteiger partial charge is 0.495 e. The molecule has 2 aliphatic heterocycles. The predicted octanol–water partition coefficient (Wildman–Crippen LogP) is 2.54. The molecule has 2 aliphatic rings. The second-order valence-corrected chi connectivity index (χ2v) is 8.87. The molecule has 0 spiro atoms. The van der Waals surface area contributed by atoms with Gasteiger partial charge in [0.25, 0.3) is 5.84 Å². The Morgan fingerprint density at radius 3 is 2.75 bits per heavy atom. The van der Waals surface area contributed by atoms with Crippen molar-refractivity contribution in [3.63, 3.8) is 0 Å². The average molecular weight is 471 g/mol. The molecule has 4 rings (SSSR count). The van der Waals surface area contributed by atoms with Crippen molar-refractivity contribution in [2.75, 3.05) is 32.3 Å². The van der Waals surface area contributed by atoms with E-state index in [2.05, 4.69) is 15.3 Å². The number of hydrogen-bond acceptors (Lipinski definition) is 8. The number of nitrogens with one attached hydrogen (secondary N) is 1. The Morgan fingerprint density at radius 2 is 2.03 bits per heavy atom. The lowest BCUT2D eigenvalue weighted by atomic mass is 10.0. The third-order valence-corrected chi connectivity index (χ3v) is 6.81. The normalized spacial score (nSPS) is 18.2. The molecular formula is C21H20N5O4S2+.